The molecular weight excluding hydrogens is 172 g/mol. The lowest BCUT2D eigenvalue weighted by Gasteiger charge is -2.17. The SMILES string of the molecule is C1CC[Si]2(C1)CCCC2.CC.CC. The van der Waals surface area contributed by atoms with Crippen LogP contribution in [0.4, 0.5) is 0 Å². The van der Waals surface area contributed by atoms with E-state index < -0.39 is 8.07 Å². The van der Waals surface area contributed by atoms with Crippen LogP contribution < -0.4 is 0 Å². The van der Waals surface area contributed by atoms with Crippen molar-refractivity contribution in [2.24, 2.45) is 0 Å². The lowest BCUT2D eigenvalue weighted by atomic mass is 10.4. The van der Waals surface area contributed by atoms with Crippen molar-refractivity contribution in [1.29, 1.82) is 0 Å². The molecule has 0 aromatic carbocycles. The van der Waals surface area contributed by atoms with E-state index in [2.05, 4.69) is 0 Å². The van der Waals surface area contributed by atoms with Gasteiger partial charge in [-0.2, -0.15) is 0 Å². The van der Waals surface area contributed by atoms with Crippen molar-refractivity contribution in [2.75, 3.05) is 0 Å². The summed E-state index contributed by atoms with van der Waals surface area (Å²) in [6, 6.07) is 6.81. The highest BCUT2D eigenvalue weighted by Crippen LogP contribution is 2.43. The summed E-state index contributed by atoms with van der Waals surface area (Å²) in [6.45, 7) is 8.00. The molecule has 2 heterocycles. The Morgan fingerprint density at radius 3 is 1.00 bits per heavy atom. The quantitative estimate of drug-likeness (QED) is 0.479. The maximum atomic E-state index is 2.00. The minimum Gasteiger partial charge on any atom is -0.0683 e. The van der Waals surface area contributed by atoms with Crippen LogP contribution >= 0.6 is 0 Å². The normalized spacial score (nSPS) is 23.1. The number of rotatable bonds is 0. The Balaban J connectivity index is 0.000000322. The molecular formula is C12H28Si. The second-order valence-corrected chi connectivity index (χ2v) is 8.91. The lowest BCUT2D eigenvalue weighted by molar-refractivity contribution is 0.935. The molecule has 2 aliphatic rings. The van der Waals surface area contributed by atoms with Crippen LogP contribution in [0.3, 0.4) is 0 Å². The first-order chi connectivity index (χ1) is 6.41. The highest BCUT2D eigenvalue weighted by molar-refractivity contribution is 6.81. The van der Waals surface area contributed by atoms with Gasteiger partial charge >= 0.3 is 0 Å². The first-order valence-electron chi connectivity index (χ1n) is 6.41. The molecule has 1 spiro atoms. The Kier molecular flexibility index (Phi) is 7.73. The zero-order valence-corrected chi connectivity index (χ0v) is 11.2. The molecule has 13 heavy (non-hydrogen) atoms. The predicted octanol–water partition coefficient (Wildman–Crippen LogP) is 5.08. The van der Waals surface area contributed by atoms with Gasteiger partial charge in [-0.25, -0.2) is 0 Å². The van der Waals surface area contributed by atoms with Crippen LogP contribution in [0.25, 0.3) is 0 Å². The average Bonchev–Trinajstić information content (AvgIpc) is 2.87. The summed E-state index contributed by atoms with van der Waals surface area (Å²) >= 11 is 0. The molecule has 2 rings (SSSR count). The van der Waals surface area contributed by atoms with Crippen molar-refractivity contribution in [3.63, 3.8) is 0 Å². The van der Waals surface area contributed by atoms with Gasteiger partial charge in [-0.15, -0.1) is 0 Å². The maximum absolute atomic E-state index is 2.00. The summed E-state index contributed by atoms with van der Waals surface area (Å²) in [5.41, 5.74) is 0. The molecule has 0 saturated carbocycles. The van der Waals surface area contributed by atoms with E-state index in [4.69, 9.17) is 0 Å². The van der Waals surface area contributed by atoms with E-state index in [1.807, 2.05) is 27.7 Å². The van der Waals surface area contributed by atoms with Gasteiger partial charge in [0, 0.05) is 0 Å². The van der Waals surface area contributed by atoms with Crippen LogP contribution in [-0.2, 0) is 0 Å². The van der Waals surface area contributed by atoms with E-state index in [1.54, 1.807) is 49.9 Å². The average molecular weight is 200 g/mol. The van der Waals surface area contributed by atoms with Crippen molar-refractivity contribution in [3.05, 3.63) is 0 Å². The minimum atomic E-state index is -0.469. The molecule has 0 unspecified atom stereocenters. The van der Waals surface area contributed by atoms with Gasteiger partial charge in [-0.1, -0.05) is 77.6 Å². The molecule has 2 aliphatic heterocycles. The smallest absolute Gasteiger partial charge is 0.0535 e. The fourth-order valence-electron chi connectivity index (χ4n) is 2.75. The number of hydrogen-bond donors (Lipinski definition) is 0. The Hall–Kier alpha value is 0.217. The van der Waals surface area contributed by atoms with E-state index >= 15 is 0 Å². The van der Waals surface area contributed by atoms with E-state index in [0.29, 0.717) is 0 Å². The maximum Gasteiger partial charge on any atom is 0.0535 e. The first-order valence-corrected chi connectivity index (χ1v) is 9.24. The summed E-state index contributed by atoms with van der Waals surface area (Å²) in [5.74, 6) is 0. The number of hydrogen-bond acceptors (Lipinski definition) is 0. The second-order valence-electron chi connectivity index (χ2n) is 3.91. The third-order valence-corrected chi connectivity index (χ3v) is 8.99. The molecule has 0 bridgehead atoms. The molecule has 1 heteroatoms. The fourth-order valence-corrected chi connectivity index (χ4v) is 8.25. The van der Waals surface area contributed by atoms with Crippen molar-refractivity contribution in [3.8, 4) is 0 Å². The van der Waals surface area contributed by atoms with Crippen molar-refractivity contribution in [1.82, 2.24) is 0 Å². The predicted molar refractivity (Wildman–Crippen MR) is 66.1 cm³/mol. The Morgan fingerprint density at radius 2 is 0.769 bits per heavy atom. The fraction of sp³-hybridized carbons (Fsp3) is 1.00. The Labute approximate surface area is 86.1 Å². The molecule has 0 N–H and O–H groups in total. The summed E-state index contributed by atoms with van der Waals surface area (Å²) < 4.78 is 0. The van der Waals surface area contributed by atoms with Crippen molar-refractivity contribution < 1.29 is 0 Å². The highest BCUT2D eigenvalue weighted by Gasteiger charge is 2.38. The van der Waals surface area contributed by atoms with E-state index in [9.17, 15) is 0 Å². The van der Waals surface area contributed by atoms with Gasteiger partial charge in [-0.3, -0.25) is 0 Å². The second kappa shape index (κ2) is 7.60. The van der Waals surface area contributed by atoms with E-state index in [1.165, 1.54) is 0 Å². The molecule has 0 atom stereocenters. The third kappa shape index (κ3) is 3.84. The largest absolute Gasteiger partial charge is 0.0683 e. The van der Waals surface area contributed by atoms with Gasteiger partial charge in [0.25, 0.3) is 0 Å². The molecule has 0 aliphatic carbocycles. The monoisotopic (exact) mass is 200 g/mol. The topological polar surface area (TPSA) is 0 Å². The molecule has 2 fully saturated rings. The van der Waals surface area contributed by atoms with Gasteiger partial charge < -0.3 is 0 Å². The zero-order valence-electron chi connectivity index (χ0n) is 10.2. The Morgan fingerprint density at radius 1 is 0.538 bits per heavy atom. The Bertz CT molecular complexity index is 80.2. The molecule has 2 saturated heterocycles. The van der Waals surface area contributed by atoms with Crippen LogP contribution in [-0.4, -0.2) is 8.07 Å². The first kappa shape index (κ1) is 13.2. The highest BCUT2D eigenvalue weighted by atomic mass is 28.3. The van der Waals surface area contributed by atoms with Gasteiger partial charge in [0.05, 0.1) is 8.07 Å². The summed E-state index contributed by atoms with van der Waals surface area (Å²) in [5, 5.41) is 0. The molecule has 0 aromatic rings. The van der Waals surface area contributed by atoms with Crippen LogP contribution in [0.5, 0.6) is 0 Å². The summed E-state index contributed by atoms with van der Waals surface area (Å²) in [6.07, 6.45) is 6.36. The summed E-state index contributed by atoms with van der Waals surface area (Å²) in [4.78, 5) is 0. The molecule has 0 aromatic heterocycles. The van der Waals surface area contributed by atoms with Crippen LogP contribution in [0.2, 0.25) is 24.2 Å². The zero-order chi connectivity index (χ0) is 10.2. The minimum absolute atomic E-state index is 0.469. The molecule has 0 nitrogen and oxygen atoms in total. The van der Waals surface area contributed by atoms with Crippen LogP contribution in [0, 0.1) is 0 Å². The molecule has 0 radical (unpaired) electrons. The van der Waals surface area contributed by atoms with E-state index in [0.717, 1.165) is 0 Å². The van der Waals surface area contributed by atoms with Gasteiger partial charge in [-0.05, 0) is 0 Å². The molecule has 0 amide bonds. The van der Waals surface area contributed by atoms with Crippen molar-refractivity contribution >= 4 is 8.07 Å². The third-order valence-electron chi connectivity index (χ3n) is 3.33. The van der Waals surface area contributed by atoms with Crippen molar-refractivity contribution in [2.45, 2.75) is 77.6 Å². The van der Waals surface area contributed by atoms with Gasteiger partial charge in [0.15, 0.2) is 0 Å². The van der Waals surface area contributed by atoms with Crippen LogP contribution in [0.1, 0.15) is 53.4 Å². The lowest BCUT2D eigenvalue weighted by Crippen LogP contribution is -2.24. The summed E-state index contributed by atoms with van der Waals surface area (Å²) in [7, 11) is -0.469. The molecule has 80 valence electrons. The van der Waals surface area contributed by atoms with Gasteiger partial charge in [0.1, 0.15) is 0 Å². The standard InChI is InChI=1S/C8H16Si.2C2H6/c1-2-6-9(5-1)7-3-4-8-9;2*1-2/h1-8H2;2*1-2H3. The van der Waals surface area contributed by atoms with E-state index in [-0.39, 0.29) is 0 Å². The van der Waals surface area contributed by atoms with Crippen LogP contribution in [0.15, 0.2) is 0 Å². The van der Waals surface area contributed by atoms with Gasteiger partial charge in [0.2, 0.25) is 0 Å².